The van der Waals surface area contributed by atoms with Crippen LogP contribution in [0, 0.1) is 6.92 Å². The molecule has 0 aliphatic heterocycles. The maximum atomic E-state index is 4.28. The first-order chi connectivity index (χ1) is 17.3. The SMILES string of the molecule is [CH2]c1ccc2c(-c3ccc4ccccc4c3)c3ccccc3c(-c3ccc4ccccc4c3)c2c1. The van der Waals surface area contributed by atoms with Crippen LogP contribution in [-0.2, 0) is 0 Å². The van der Waals surface area contributed by atoms with Gasteiger partial charge in [0.2, 0.25) is 0 Å². The van der Waals surface area contributed by atoms with E-state index in [0.717, 1.165) is 5.56 Å². The molecule has 7 rings (SSSR count). The van der Waals surface area contributed by atoms with Crippen LogP contribution in [0.2, 0.25) is 0 Å². The van der Waals surface area contributed by atoms with Crippen molar-refractivity contribution in [1.29, 1.82) is 0 Å². The number of hydrogen-bond acceptors (Lipinski definition) is 0. The van der Waals surface area contributed by atoms with Crippen LogP contribution < -0.4 is 0 Å². The van der Waals surface area contributed by atoms with E-state index in [1.54, 1.807) is 0 Å². The third kappa shape index (κ3) is 3.22. The van der Waals surface area contributed by atoms with Crippen LogP contribution in [0.3, 0.4) is 0 Å². The Labute approximate surface area is 205 Å². The Bertz CT molecular complexity index is 1910. The lowest BCUT2D eigenvalue weighted by Gasteiger charge is -2.19. The van der Waals surface area contributed by atoms with Gasteiger partial charge >= 0.3 is 0 Å². The van der Waals surface area contributed by atoms with Gasteiger partial charge in [-0.15, -0.1) is 0 Å². The summed E-state index contributed by atoms with van der Waals surface area (Å²) in [6.07, 6.45) is 0. The van der Waals surface area contributed by atoms with E-state index in [-0.39, 0.29) is 0 Å². The first-order valence-electron chi connectivity index (χ1n) is 12.0. The summed E-state index contributed by atoms with van der Waals surface area (Å²) in [4.78, 5) is 0. The summed E-state index contributed by atoms with van der Waals surface area (Å²) in [6.45, 7) is 4.28. The maximum absolute atomic E-state index is 4.28. The van der Waals surface area contributed by atoms with Gasteiger partial charge in [-0.25, -0.2) is 0 Å². The summed E-state index contributed by atoms with van der Waals surface area (Å²) in [5.74, 6) is 0. The fraction of sp³-hybridized carbons (Fsp3) is 0. The molecule has 0 aromatic heterocycles. The van der Waals surface area contributed by atoms with Crippen LogP contribution in [-0.4, -0.2) is 0 Å². The van der Waals surface area contributed by atoms with Crippen LogP contribution in [0.25, 0.3) is 65.3 Å². The molecule has 0 atom stereocenters. The zero-order chi connectivity index (χ0) is 23.4. The third-order valence-electron chi connectivity index (χ3n) is 7.16. The number of hydrogen-bond donors (Lipinski definition) is 0. The largest absolute Gasteiger partial charge is 0.0616 e. The highest BCUT2D eigenvalue weighted by atomic mass is 14.2. The Morgan fingerprint density at radius 3 is 1.37 bits per heavy atom. The van der Waals surface area contributed by atoms with Gasteiger partial charge in [0, 0.05) is 0 Å². The van der Waals surface area contributed by atoms with Crippen LogP contribution in [0.1, 0.15) is 5.56 Å². The molecule has 0 aliphatic rings. The Balaban J connectivity index is 1.63. The third-order valence-corrected chi connectivity index (χ3v) is 7.16. The molecule has 0 heteroatoms. The van der Waals surface area contributed by atoms with E-state index in [4.69, 9.17) is 0 Å². The second-order valence-corrected chi connectivity index (χ2v) is 9.30. The van der Waals surface area contributed by atoms with Gasteiger partial charge in [0.1, 0.15) is 0 Å². The van der Waals surface area contributed by atoms with Crippen molar-refractivity contribution in [1.82, 2.24) is 0 Å². The van der Waals surface area contributed by atoms with E-state index in [1.807, 2.05) is 0 Å². The average molecular weight is 444 g/mol. The van der Waals surface area contributed by atoms with Gasteiger partial charge < -0.3 is 0 Å². The number of benzene rings is 7. The highest BCUT2D eigenvalue weighted by Crippen LogP contribution is 2.44. The van der Waals surface area contributed by atoms with Crippen LogP contribution in [0.4, 0.5) is 0 Å². The lowest BCUT2D eigenvalue weighted by molar-refractivity contribution is 1.64. The molecule has 0 heterocycles. The predicted octanol–water partition coefficient (Wildman–Crippen LogP) is 9.82. The smallest absolute Gasteiger partial charge is 0.00261 e. The minimum Gasteiger partial charge on any atom is -0.0616 e. The Hall–Kier alpha value is -4.42. The monoisotopic (exact) mass is 443 g/mol. The molecular weight excluding hydrogens is 420 g/mol. The Morgan fingerprint density at radius 1 is 0.343 bits per heavy atom. The van der Waals surface area contributed by atoms with Gasteiger partial charge in [-0.1, -0.05) is 115 Å². The van der Waals surface area contributed by atoms with Crippen molar-refractivity contribution in [3.05, 3.63) is 140 Å². The van der Waals surface area contributed by atoms with Crippen LogP contribution in [0.15, 0.2) is 127 Å². The summed E-state index contributed by atoms with van der Waals surface area (Å²) in [7, 11) is 0. The van der Waals surface area contributed by atoms with Crippen molar-refractivity contribution in [2.24, 2.45) is 0 Å². The molecule has 0 spiro atoms. The lowest BCUT2D eigenvalue weighted by atomic mass is 9.84. The number of fused-ring (bicyclic) bond motifs is 4. The molecular formula is C35H23. The van der Waals surface area contributed by atoms with E-state index in [0.29, 0.717) is 0 Å². The molecule has 7 aromatic carbocycles. The van der Waals surface area contributed by atoms with Gasteiger partial charge in [0.15, 0.2) is 0 Å². The van der Waals surface area contributed by atoms with Crippen LogP contribution >= 0.6 is 0 Å². The van der Waals surface area contributed by atoms with Gasteiger partial charge in [-0.3, -0.25) is 0 Å². The topological polar surface area (TPSA) is 0 Å². The van der Waals surface area contributed by atoms with Crippen molar-refractivity contribution >= 4 is 43.1 Å². The summed E-state index contributed by atoms with van der Waals surface area (Å²) >= 11 is 0. The molecule has 0 nitrogen and oxygen atoms in total. The molecule has 35 heavy (non-hydrogen) atoms. The quantitative estimate of drug-likeness (QED) is 0.233. The molecule has 0 bridgehead atoms. The molecule has 0 N–H and O–H groups in total. The molecule has 0 amide bonds. The molecule has 0 unspecified atom stereocenters. The van der Waals surface area contributed by atoms with Crippen molar-refractivity contribution in [3.63, 3.8) is 0 Å². The fourth-order valence-corrected chi connectivity index (χ4v) is 5.54. The van der Waals surface area contributed by atoms with E-state index >= 15 is 0 Å². The number of rotatable bonds is 2. The first-order valence-corrected chi connectivity index (χ1v) is 12.0. The molecule has 1 radical (unpaired) electrons. The maximum Gasteiger partial charge on any atom is -0.00261 e. The van der Waals surface area contributed by atoms with E-state index < -0.39 is 0 Å². The highest BCUT2D eigenvalue weighted by Gasteiger charge is 2.17. The minimum absolute atomic E-state index is 1.03. The van der Waals surface area contributed by atoms with Crippen LogP contribution in [0.5, 0.6) is 0 Å². The van der Waals surface area contributed by atoms with Crippen molar-refractivity contribution in [2.45, 2.75) is 0 Å². The summed E-state index contributed by atoms with van der Waals surface area (Å²) in [6, 6.07) is 46.2. The van der Waals surface area contributed by atoms with Gasteiger partial charge in [0.05, 0.1) is 0 Å². The van der Waals surface area contributed by atoms with Crippen molar-refractivity contribution in [3.8, 4) is 22.3 Å². The molecule has 163 valence electrons. The molecule has 0 saturated carbocycles. The fourth-order valence-electron chi connectivity index (χ4n) is 5.54. The molecule has 7 aromatic rings. The summed E-state index contributed by atoms with van der Waals surface area (Å²) < 4.78 is 0. The van der Waals surface area contributed by atoms with E-state index in [2.05, 4.69) is 134 Å². The highest BCUT2D eigenvalue weighted by molar-refractivity contribution is 6.22. The zero-order valence-corrected chi connectivity index (χ0v) is 19.3. The predicted molar refractivity (Wildman–Crippen MR) is 152 cm³/mol. The lowest BCUT2D eigenvalue weighted by Crippen LogP contribution is -1.92. The average Bonchev–Trinajstić information content (AvgIpc) is 2.91. The van der Waals surface area contributed by atoms with E-state index in [9.17, 15) is 0 Å². The van der Waals surface area contributed by atoms with E-state index in [1.165, 1.54) is 65.3 Å². The normalized spacial score (nSPS) is 11.6. The second kappa shape index (κ2) is 7.82. The first kappa shape index (κ1) is 20.0. The van der Waals surface area contributed by atoms with Gasteiger partial charge in [0.25, 0.3) is 0 Å². The summed E-state index contributed by atoms with van der Waals surface area (Å²) in [5.41, 5.74) is 6.06. The molecule has 0 fully saturated rings. The Kier molecular flexibility index (Phi) is 4.47. The zero-order valence-electron chi connectivity index (χ0n) is 19.3. The van der Waals surface area contributed by atoms with Gasteiger partial charge in [-0.05, 0) is 90.0 Å². The summed E-state index contributed by atoms with van der Waals surface area (Å²) in [5, 5.41) is 10.1. The van der Waals surface area contributed by atoms with Crippen molar-refractivity contribution < 1.29 is 0 Å². The molecule has 0 aliphatic carbocycles. The standard InChI is InChI=1S/C35H23/c1-23-14-19-32-33(20-23)35(29-18-16-25-9-3-5-11-27(25)22-29)31-13-7-6-12-30(31)34(32)28-17-15-24-8-2-4-10-26(24)21-28/h2-22H,1H2. The Morgan fingerprint density at radius 2 is 0.800 bits per heavy atom. The molecule has 0 saturated heterocycles. The minimum atomic E-state index is 1.03. The van der Waals surface area contributed by atoms with Crippen molar-refractivity contribution in [2.75, 3.05) is 0 Å². The second-order valence-electron chi connectivity index (χ2n) is 9.30. The van der Waals surface area contributed by atoms with Gasteiger partial charge in [-0.2, -0.15) is 0 Å².